The highest BCUT2D eigenvalue weighted by Gasteiger charge is 2.27. The van der Waals surface area contributed by atoms with Gasteiger partial charge in [-0.25, -0.2) is 9.13 Å². The molecule has 1 aromatic heterocycles. The smallest absolute Gasteiger partial charge is 0.368 e. The highest BCUT2D eigenvalue weighted by Crippen LogP contribution is 2.53. The van der Waals surface area contributed by atoms with E-state index in [1.807, 2.05) is 0 Å². The molecule has 1 atom stereocenters. The lowest BCUT2D eigenvalue weighted by molar-refractivity contribution is 0.225. The Morgan fingerprint density at radius 2 is 1.00 bits per heavy atom. The van der Waals surface area contributed by atoms with Crippen molar-refractivity contribution in [2.45, 2.75) is 0 Å². The summed E-state index contributed by atoms with van der Waals surface area (Å²) in [5.74, 6) is 0.125. The summed E-state index contributed by atoms with van der Waals surface area (Å²) in [6, 6.07) is 0. The largest absolute Gasteiger partial charge is 0.478 e. The number of nitrogens with two attached hydrogens (primary N) is 3. The predicted molar refractivity (Wildman–Crippen MR) is 69.3 cm³/mol. The number of hydrogen-bond donors (Lipinski definition) is 7. The summed E-state index contributed by atoms with van der Waals surface area (Å²) in [6.45, 7) is 0. The fraction of sp³-hybridized carbons (Fsp3) is 0. The molecule has 10 N–H and O–H groups in total. The van der Waals surface area contributed by atoms with Gasteiger partial charge >= 0.3 is 15.6 Å². The number of aromatic nitrogens is 3. The standard InChI is InChI=1S/C3H6N6.H4O7P2.H3P/c4-1-7-2(5)9-3(6)8-1;1-8(2,3)7-9(4,5)6;/h(H6,4,5,6,7,8,9);(H2,1,2,3)(H2,4,5,6);1H3. The maximum atomic E-state index is 9.63. The molecule has 0 aliphatic rings. The summed E-state index contributed by atoms with van der Waals surface area (Å²) >= 11 is 0. The number of phosphoric acid groups is 2. The lowest BCUT2D eigenvalue weighted by Gasteiger charge is -2.03. The lowest BCUT2D eigenvalue weighted by atomic mass is 10.9. The fourth-order valence-electron chi connectivity index (χ4n) is 0.566. The molecule has 0 aliphatic heterocycles. The van der Waals surface area contributed by atoms with E-state index in [0.29, 0.717) is 0 Å². The fourth-order valence-corrected chi connectivity index (χ4v) is 1.67. The highest BCUT2D eigenvalue weighted by atomic mass is 31.3. The average molecular weight is 338 g/mol. The summed E-state index contributed by atoms with van der Waals surface area (Å²) < 4.78 is 22.2. The molecule has 0 aliphatic carbocycles. The molecule has 0 radical (unpaired) electrons. The molecule has 19 heavy (non-hydrogen) atoms. The summed E-state index contributed by atoms with van der Waals surface area (Å²) in [5.41, 5.74) is 15.4. The van der Waals surface area contributed by atoms with Crippen molar-refractivity contribution in [1.29, 1.82) is 0 Å². The van der Waals surface area contributed by atoms with E-state index in [0.717, 1.165) is 0 Å². The Morgan fingerprint density at radius 1 is 0.789 bits per heavy atom. The van der Waals surface area contributed by atoms with Gasteiger partial charge in [0.15, 0.2) is 0 Å². The van der Waals surface area contributed by atoms with Gasteiger partial charge in [0.2, 0.25) is 17.8 Å². The maximum absolute atomic E-state index is 9.63. The third-order valence-electron chi connectivity index (χ3n) is 0.900. The van der Waals surface area contributed by atoms with Crippen LogP contribution in [0, 0.1) is 0 Å². The molecule has 1 rings (SSSR count). The summed E-state index contributed by atoms with van der Waals surface area (Å²) in [7, 11) is -10.1. The first-order chi connectivity index (χ1) is 7.89. The van der Waals surface area contributed by atoms with Crippen LogP contribution in [0.1, 0.15) is 0 Å². The molecule has 0 fully saturated rings. The van der Waals surface area contributed by atoms with Crippen molar-refractivity contribution in [3.8, 4) is 0 Å². The Kier molecular flexibility index (Phi) is 8.20. The number of rotatable bonds is 2. The van der Waals surface area contributed by atoms with Crippen LogP contribution >= 0.6 is 25.5 Å². The van der Waals surface area contributed by atoms with Crippen molar-refractivity contribution < 1.29 is 33.0 Å². The van der Waals surface area contributed by atoms with Crippen molar-refractivity contribution in [3.63, 3.8) is 0 Å². The van der Waals surface area contributed by atoms with Crippen molar-refractivity contribution in [2.75, 3.05) is 17.2 Å². The van der Waals surface area contributed by atoms with Gasteiger partial charge < -0.3 is 36.8 Å². The van der Waals surface area contributed by atoms with Crippen LogP contribution in [0.2, 0.25) is 0 Å². The highest BCUT2D eigenvalue weighted by molar-refractivity contribution is 7.60. The Balaban J connectivity index is 0. The molecule has 1 heterocycles. The summed E-state index contributed by atoms with van der Waals surface area (Å²) in [5, 5.41) is 0. The third kappa shape index (κ3) is 13.3. The molecule has 13 nitrogen and oxygen atoms in total. The molecule has 0 aromatic carbocycles. The molecule has 1 aromatic rings. The normalized spacial score (nSPS) is 10.9. The minimum absolute atomic E-state index is 0. The first-order valence-electron chi connectivity index (χ1n) is 3.74. The predicted octanol–water partition coefficient (Wildman–Crippen LogP) is -2.14. The van der Waals surface area contributed by atoms with Crippen LogP contribution in [0.15, 0.2) is 0 Å². The lowest BCUT2D eigenvalue weighted by Crippen LogP contribution is -2.05. The molecule has 112 valence electrons. The van der Waals surface area contributed by atoms with Crippen LogP contribution in [0.3, 0.4) is 0 Å². The maximum Gasteiger partial charge on any atom is 0.478 e. The van der Waals surface area contributed by atoms with Crippen LogP contribution in [0.5, 0.6) is 0 Å². The average Bonchev–Trinajstić information content (AvgIpc) is 1.92. The Morgan fingerprint density at radius 3 is 1.11 bits per heavy atom. The van der Waals surface area contributed by atoms with Crippen molar-refractivity contribution >= 4 is 43.4 Å². The number of nitrogen functional groups attached to an aromatic ring is 3. The zero-order valence-corrected chi connectivity index (χ0v) is 12.4. The van der Waals surface area contributed by atoms with E-state index in [2.05, 4.69) is 19.3 Å². The zero-order chi connectivity index (χ0) is 14.6. The first kappa shape index (κ1) is 20.4. The second kappa shape index (κ2) is 7.63. The molecule has 0 bridgehead atoms. The first-order valence-corrected chi connectivity index (χ1v) is 6.80. The van der Waals surface area contributed by atoms with Gasteiger partial charge in [-0.15, -0.1) is 0 Å². The van der Waals surface area contributed by atoms with E-state index in [1.54, 1.807) is 0 Å². The second-order valence-corrected chi connectivity index (χ2v) is 5.09. The molecule has 0 spiro atoms. The summed E-state index contributed by atoms with van der Waals surface area (Å²) in [6.07, 6.45) is 0. The van der Waals surface area contributed by atoms with Crippen LogP contribution in [-0.4, -0.2) is 34.5 Å². The van der Waals surface area contributed by atoms with Gasteiger partial charge in [0.25, 0.3) is 0 Å². The van der Waals surface area contributed by atoms with E-state index in [1.165, 1.54) is 0 Å². The Labute approximate surface area is 109 Å². The van der Waals surface area contributed by atoms with Gasteiger partial charge in [0, 0.05) is 0 Å². The van der Waals surface area contributed by atoms with Crippen molar-refractivity contribution in [3.05, 3.63) is 0 Å². The molecule has 0 saturated carbocycles. The Bertz CT molecular complexity index is 428. The van der Waals surface area contributed by atoms with E-state index in [4.69, 9.17) is 36.8 Å². The third-order valence-corrected chi connectivity index (χ3v) is 2.60. The van der Waals surface area contributed by atoms with E-state index >= 15 is 0 Å². The molecular weight excluding hydrogens is 325 g/mol. The van der Waals surface area contributed by atoms with Crippen LogP contribution in [0.4, 0.5) is 17.8 Å². The molecular formula is C3H13N6O7P3. The van der Waals surface area contributed by atoms with Gasteiger partial charge in [0.05, 0.1) is 0 Å². The van der Waals surface area contributed by atoms with Gasteiger partial charge in [-0.05, 0) is 0 Å². The molecule has 0 saturated heterocycles. The van der Waals surface area contributed by atoms with Gasteiger partial charge in [-0.2, -0.15) is 29.2 Å². The van der Waals surface area contributed by atoms with E-state index in [9.17, 15) is 9.13 Å². The topological polar surface area (TPSA) is 241 Å². The van der Waals surface area contributed by atoms with Gasteiger partial charge in [-0.3, -0.25) is 0 Å². The summed E-state index contributed by atoms with van der Waals surface area (Å²) in [4.78, 5) is 41.5. The van der Waals surface area contributed by atoms with Gasteiger partial charge in [-0.1, -0.05) is 0 Å². The zero-order valence-electron chi connectivity index (χ0n) is 9.19. The number of nitrogens with zero attached hydrogens (tertiary/aromatic N) is 3. The molecule has 0 amide bonds. The SMILES string of the molecule is Nc1nc(N)nc(N)n1.O=P(O)(O)OP(=O)(O)O.P. The minimum atomic E-state index is -5.05. The van der Waals surface area contributed by atoms with E-state index in [-0.39, 0.29) is 27.7 Å². The number of anilines is 3. The van der Waals surface area contributed by atoms with E-state index < -0.39 is 15.6 Å². The molecule has 16 heteroatoms. The van der Waals surface area contributed by atoms with Crippen molar-refractivity contribution in [1.82, 2.24) is 15.0 Å². The second-order valence-electron chi connectivity index (χ2n) is 2.47. The Hall–Kier alpha value is -0.900. The van der Waals surface area contributed by atoms with Crippen LogP contribution < -0.4 is 17.2 Å². The van der Waals surface area contributed by atoms with Crippen LogP contribution in [0.25, 0.3) is 0 Å². The quantitative estimate of drug-likeness (QED) is 0.285. The van der Waals surface area contributed by atoms with Crippen molar-refractivity contribution in [2.24, 2.45) is 0 Å². The molecule has 1 unspecified atom stereocenters. The number of hydrogen-bond acceptors (Lipinski definition) is 9. The van der Waals surface area contributed by atoms with Crippen LogP contribution in [-0.2, 0) is 13.4 Å². The monoisotopic (exact) mass is 338 g/mol. The minimum Gasteiger partial charge on any atom is -0.368 e. The van der Waals surface area contributed by atoms with Gasteiger partial charge in [0.1, 0.15) is 0 Å².